The Kier molecular flexibility index (Phi) is 4.53. The molecule has 1 aromatic carbocycles. The van der Waals surface area contributed by atoms with E-state index in [1.54, 1.807) is 6.07 Å². The van der Waals surface area contributed by atoms with Crippen molar-refractivity contribution in [1.82, 2.24) is 9.97 Å². The summed E-state index contributed by atoms with van der Waals surface area (Å²) < 4.78 is 0. The first-order valence-electron chi connectivity index (χ1n) is 6.81. The van der Waals surface area contributed by atoms with Crippen LogP contribution >= 0.6 is 0 Å². The molecule has 20 heavy (non-hydrogen) atoms. The standard InChI is InChI=1S/C15H21N5/c1-4-5-13-18-14(9-15(19-13)20-16)17-12-7-6-10(2)8-11(12)3/h6-9H,4-5,16H2,1-3H3,(H2,17,18,19,20). The van der Waals surface area contributed by atoms with Crippen LogP contribution in [0.5, 0.6) is 0 Å². The highest BCUT2D eigenvalue weighted by molar-refractivity contribution is 5.62. The van der Waals surface area contributed by atoms with Crippen molar-refractivity contribution < 1.29 is 0 Å². The first-order valence-corrected chi connectivity index (χ1v) is 6.81. The molecule has 106 valence electrons. The second-order valence-corrected chi connectivity index (χ2v) is 4.89. The van der Waals surface area contributed by atoms with Crippen LogP contribution in [0.4, 0.5) is 17.3 Å². The quantitative estimate of drug-likeness (QED) is 0.575. The van der Waals surface area contributed by atoms with E-state index in [0.29, 0.717) is 5.82 Å². The molecule has 0 saturated carbocycles. The Labute approximate surface area is 119 Å². The normalized spacial score (nSPS) is 10.4. The third-order valence-electron chi connectivity index (χ3n) is 3.04. The fourth-order valence-corrected chi connectivity index (χ4v) is 2.06. The number of aryl methyl sites for hydroxylation is 3. The Morgan fingerprint density at radius 3 is 2.50 bits per heavy atom. The van der Waals surface area contributed by atoms with E-state index >= 15 is 0 Å². The number of anilines is 3. The molecule has 1 heterocycles. The molecule has 0 aliphatic carbocycles. The molecule has 1 aromatic heterocycles. The number of aromatic nitrogens is 2. The van der Waals surface area contributed by atoms with Crippen LogP contribution < -0.4 is 16.6 Å². The van der Waals surface area contributed by atoms with Crippen molar-refractivity contribution in [3.63, 3.8) is 0 Å². The summed E-state index contributed by atoms with van der Waals surface area (Å²) in [5.41, 5.74) is 6.05. The Bertz CT molecular complexity index is 595. The maximum Gasteiger partial charge on any atom is 0.145 e. The van der Waals surface area contributed by atoms with E-state index in [9.17, 15) is 0 Å². The minimum atomic E-state index is 0.621. The van der Waals surface area contributed by atoms with Crippen LogP contribution in [0.1, 0.15) is 30.3 Å². The first kappa shape index (κ1) is 14.3. The fraction of sp³-hybridized carbons (Fsp3) is 0.333. The third kappa shape index (κ3) is 3.45. The lowest BCUT2D eigenvalue weighted by Gasteiger charge is -2.12. The topological polar surface area (TPSA) is 75.9 Å². The van der Waals surface area contributed by atoms with Crippen LogP contribution in [0.2, 0.25) is 0 Å². The van der Waals surface area contributed by atoms with Gasteiger partial charge in [0.15, 0.2) is 0 Å². The Balaban J connectivity index is 2.29. The van der Waals surface area contributed by atoms with E-state index in [4.69, 9.17) is 5.84 Å². The van der Waals surface area contributed by atoms with Crippen LogP contribution in [0.15, 0.2) is 24.3 Å². The van der Waals surface area contributed by atoms with Gasteiger partial charge < -0.3 is 10.7 Å². The van der Waals surface area contributed by atoms with Gasteiger partial charge in [0.1, 0.15) is 17.5 Å². The summed E-state index contributed by atoms with van der Waals surface area (Å²) in [6.45, 7) is 6.26. The van der Waals surface area contributed by atoms with E-state index in [-0.39, 0.29) is 0 Å². The van der Waals surface area contributed by atoms with Gasteiger partial charge in [-0.1, -0.05) is 24.6 Å². The highest BCUT2D eigenvalue weighted by Crippen LogP contribution is 2.21. The van der Waals surface area contributed by atoms with E-state index in [1.807, 2.05) is 0 Å². The van der Waals surface area contributed by atoms with E-state index in [0.717, 1.165) is 30.2 Å². The van der Waals surface area contributed by atoms with Crippen molar-refractivity contribution >= 4 is 17.3 Å². The van der Waals surface area contributed by atoms with Gasteiger partial charge in [-0.25, -0.2) is 15.8 Å². The monoisotopic (exact) mass is 271 g/mol. The molecule has 2 rings (SSSR count). The first-order chi connectivity index (χ1) is 9.62. The van der Waals surface area contributed by atoms with Crippen LogP contribution in [-0.2, 0) is 6.42 Å². The second kappa shape index (κ2) is 6.34. The van der Waals surface area contributed by atoms with Gasteiger partial charge in [0.25, 0.3) is 0 Å². The Morgan fingerprint density at radius 2 is 1.85 bits per heavy atom. The number of rotatable bonds is 5. The zero-order valence-corrected chi connectivity index (χ0v) is 12.2. The molecule has 0 saturated heterocycles. The molecule has 0 unspecified atom stereocenters. The van der Waals surface area contributed by atoms with Gasteiger partial charge >= 0.3 is 0 Å². The average Bonchev–Trinajstić information content (AvgIpc) is 2.42. The number of nitrogens with two attached hydrogens (primary N) is 1. The van der Waals surface area contributed by atoms with Crippen LogP contribution in [0.3, 0.4) is 0 Å². The van der Waals surface area contributed by atoms with Crippen molar-refractivity contribution in [2.24, 2.45) is 5.84 Å². The summed E-state index contributed by atoms with van der Waals surface area (Å²) in [5, 5.41) is 3.33. The lowest BCUT2D eigenvalue weighted by atomic mass is 10.1. The van der Waals surface area contributed by atoms with Gasteiger partial charge in [0.05, 0.1) is 0 Å². The molecule has 0 fully saturated rings. The second-order valence-electron chi connectivity index (χ2n) is 4.89. The molecule has 0 bridgehead atoms. The van der Waals surface area contributed by atoms with Crippen LogP contribution in [0.25, 0.3) is 0 Å². The predicted octanol–water partition coefficient (Wildman–Crippen LogP) is 3.08. The van der Waals surface area contributed by atoms with Crippen molar-refractivity contribution in [2.45, 2.75) is 33.6 Å². The SMILES string of the molecule is CCCc1nc(NN)cc(Nc2ccc(C)cc2C)n1. The van der Waals surface area contributed by atoms with Gasteiger partial charge in [-0.2, -0.15) is 0 Å². The van der Waals surface area contributed by atoms with Crippen LogP contribution in [-0.4, -0.2) is 9.97 Å². The summed E-state index contributed by atoms with van der Waals surface area (Å²) >= 11 is 0. The van der Waals surface area contributed by atoms with E-state index in [2.05, 4.69) is 59.7 Å². The molecule has 4 N–H and O–H groups in total. The van der Waals surface area contributed by atoms with Gasteiger partial charge in [-0.3, -0.25) is 0 Å². The van der Waals surface area contributed by atoms with Gasteiger partial charge in [0, 0.05) is 18.2 Å². The Morgan fingerprint density at radius 1 is 1.10 bits per heavy atom. The van der Waals surface area contributed by atoms with Crippen molar-refractivity contribution in [1.29, 1.82) is 0 Å². The zero-order chi connectivity index (χ0) is 14.5. The summed E-state index contributed by atoms with van der Waals surface area (Å²) in [6.07, 6.45) is 1.83. The molecule has 0 aliphatic heterocycles. The average molecular weight is 271 g/mol. The zero-order valence-electron chi connectivity index (χ0n) is 12.2. The van der Waals surface area contributed by atoms with Crippen molar-refractivity contribution in [2.75, 3.05) is 10.7 Å². The largest absolute Gasteiger partial charge is 0.340 e. The highest BCUT2D eigenvalue weighted by Gasteiger charge is 2.05. The smallest absolute Gasteiger partial charge is 0.145 e. The number of hydrogen-bond acceptors (Lipinski definition) is 5. The van der Waals surface area contributed by atoms with Gasteiger partial charge in [-0.05, 0) is 31.9 Å². The van der Waals surface area contributed by atoms with Crippen molar-refractivity contribution in [3.05, 3.63) is 41.2 Å². The summed E-state index contributed by atoms with van der Waals surface area (Å²) in [5.74, 6) is 7.62. The number of nitrogen functional groups attached to an aromatic ring is 1. The molecule has 5 heteroatoms. The lowest BCUT2D eigenvalue weighted by Crippen LogP contribution is -2.11. The lowest BCUT2D eigenvalue weighted by molar-refractivity contribution is 0.837. The molecule has 5 nitrogen and oxygen atoms in total. The minimum absolute atomic E-state index is 0.621. The molecule has 0 spiro atoms. The summed E-state index contributed by atoms with van der Waals surface area (Å²) in [4.78, 5) is 8.84. The molecule has 0 amide bonds. The molecule has 0 atom stereocenters. The van der Waals surface area contributed by atoms with E-state index < -0.39 is 0 Å². The van der Waals surface area contributed by atoms with Crippen molar-refractivity contribution in [3.8, 4) is 0 Å². The number of hydrazine groups is 1. The Hall–Kier alpha value is -2.14. The highest BCUT2D eigenvalue weighted by atomic mass is 15.3. The molecule has 0 radical (unpaired) electrons. The number of benzene rings is 1. The van der Waals surface area contributed by atoms with Gasteiger partial charge in [-0.15, -0.1) is 0 Å². The van der Waals surface area contributed by atoms with Gasteiger partial charge in [0.2, 0.25) is 0 Å². The molecule has 0 aliphatic rings. The number of nitrogens with one attached hydrogen (secondary N) is 2. The molecule has 2 aromatic rings. The maximum atomic E-state index is 5.46. The predicted molar refractivity (Wildman–Crippen MR) is 83.0 cm³/mol. The summed E-state index contributed by atoms with van der Waals surface area (Å²) in [6, 6.07) is 8.07. The minimum Gasteiger partial charge on any atom is -0.340 e. The third-order valence-corrected chi connectivity index (χ3v) is 3.04. The maximum absolute atomic E-state index is 5.46. The molecular weight excluding hydrogens is 250 g/mol. The van der Waals surface area contributed by atoms with Crippen LogP contribution in [0, 0.1) is 13.8 Å². The molecular formula is C15H21N5. The fourth-order valence-electron chi connectivity index (χ4n) is 2.06. The van der Waals surface area contributed by atoms with E-state index in [1.165, 1.54) is 11.1 Å². The number of hydrogen-bond donors (Lipinski definition) is 3. The number of nitrogens with zero attached hydrogens (tertiary/aromatic N) is 2. The summed E-state index contributed by atoms with van der Waals surface area (Å²) in [7, 11) is 0.